The zero-order valence-electron chi connectivity index (χ0n) is 15.5. The topological polar surface area (TPSA) is 46.1 Å². The molecule has 1 aliphatic rings. The van der Waals surface area contributed by atoms with Crippen LogP contribution in [0.1, 0.15) is 30.6 Å². The molecule has 0 unspecified atom stereocenters. The van der Waals surface area contributed by atoms with Crippen LogP contribution in [0.25, 0.3) is 22.2 Å². The first-order valence-electron chi connectivity index (χ1n) is 9.31. The zero-order valence-corrected chi connectivity index (χ0v) is 16.3. The summed E-state index contributed by atoms with van der Waals surface area (Å²) in [5.74, 6) is 1.07. The molecule has 4 nitrogen and oxygen atoms in total. The number of pyridine rings is 2. The number of piperidine rings is 1. The van der Waals surface area contributed by atoms with Gasteiger partial charge in [0.1, 0.15) is 0 Å². The summed E-state index contributed by atoms with van der Waals surface area (Å²) in [7, 11) is 0. The number of carbonyl (C=O) groups is 1. The van der Waals surface area contributed by atoms with Crippen LogP contribution in [0.4, 0.5) is 0 Å². The van der Waals surface area contributed by atoms with Crippen LogP contribution in [-0.4, -0.2) is 33.9 Å². The number of amides is 1. The number of nitrogens with zero attached hydrogens (tertiary/aromatic N) is 3. The van der Waals surface area contributed by atoms with Crippen molar-refractivity contribution >= 4 is 28.4 Å². The molecule has 0 N–H and O–H groups in total. The molecule has 0 saturated carbocycles. The van der Waals surface area contributed by atoms with Crippen molar-refractivity contribution < 1.29 is 4.79 Å². The minimum absolute atomic E-state index is 0.0540. The third-order valence-electron chi connectivity index (χ3n) is 5.13. The van der Waals surface area contributed by atoms with Crippen molar-refractivity contribution in [3.8, 4) is 11.3 Å². The van der Waals surface area contributed by atoms with Crippen LogP contribution in [0.5, 0.6) is 0 Å². The molecular weight excluding hydrogens is 358 g/mol. The highest BCUT2D eigenvalue weighted by Gasteiger charge is 2.27. The third kappa shape index (κ3) is 3.67. The van der Waals surface area contributed by atoms with Gasteiger partial charge in [-0.1, -0.05) is 25.4 Å². The Kier molecular flexibility index (Phi) is 4.83. The summed E-state index contributed by atoms with van der Waals surface area (Å²) >= 11 is 6.22. The van der Waals surface area contributed by atoms with Gasteiger partial charge in [-0.15, -0.1) is 0 Å². The van der Waals surface area contributed by atoms with E-state index in [1.54, 1.807) is 12.4 Å². The molecule has 0 spiro atoms. The van der Waals surface area contributed by atoms with E-state index >= 15 is 0 Å². The van der Waals surface area contributed by atoms with Crippen molar-refractivity contribution in [2.45, 2.75) is 20.3 Å². The van der Waals surface area contributed by atoms with Crippen molar-refractivity contribution in [3.05, 3.63) is 59.4 Å². The molecule has 3 aromatic rings. The SMILES string of the molecule is C[C@@H]1C[C@H](C)CN(C(=O)c2cc(-c3ccncc3)nc3ccc(Cl)cc23)C1. The highest BCUT2D eigenvalue weighted by Crippen LogP contribution is 2.29. The Morgan fingerprint density at radius 3 is 2.48 bits per heavy atom. The number of aromatic nitrogens is 2. The number of fused-ring (bicyclic) bond motifs is 1. The third-order valence-corrected chi connectivity index (χ3v) is 5.37. The summed E-state index contributed by atoms with van der Waals surface area (Å²) in [5, 5.41) is 1.41. The monoisotopic (exact) mass is 379 g/mol. The summed E-state index contributed by atoms with van der Waals surface area (Å²) in [4.78, 5) is 24.2. The molecule has 138 valence electrons. The Morgan fingerprint density at radius 1 is 1.07 bits per heavy atom. The second-order valence-corrected chi connectivity index (χ2v) is 8.05. The van der Waals surface area contributed by atoms with Gasteiger partial charge < -0.3 is 4.90 Å². The highest BCUT2D eigenvalue weighted by atomic mass is 35.5. The van der Waals surface area contributed by atoms with Crippen molar-refractivity contribution in [1.82, 2.24) is 14.9 Å². The minimum atomic E-state index is 0.0540. The van der Waals surface area contributed by atoms with Gasteiger partial charge in [0.15, 0.2) is 0 Å². The van der Waals surface area contributed by atoms with E-state index in [9.17, 15) is 4.79 Å². The maximum atomic E-state index is 13.4. The molecule has 0 bridgehead atoms. The average Bonchev–Trinajstić information content (AvgIpc) is 2.66. The van der Waals surface area contributed by atoms with E-state index in [1.807, 2.05) is 41.3 Å². The van der Waals surface area contributed by atoms with Gasteiger partial charge in [0.05, 0.1) is 16.8 Å². The molecule has 2 aromatic heterocycles. The highest BCUT2D eigenvalue weighted by molar-refractivity contribution is 6.31. The second-order valence-electron chi connectivity index (χ2n) is 7.61. The Balaban J connectivity index is 1.84. The maximum absolute atomic E-state index is 13.4. The first-order valence-corrected chi connectivity index (χ1v) is 9.69. The summed E-state index contributed by atoms with van der Waals surface area (Å²) in [6, 6.07) is 11.2. The summed E-state index contributed by atoms with van der Waals surface area (Å²) in [6.45, 7) is 6.00. The van der Waals surface area contributed by atoms with E-state index in [4.69, 9.17) is 16.6 Å². The Labute approximate surface area is 164 Å². The molecule has 0 radical (unpaired) electrons. The molecule has 1 aliphatic heterocycles. The summed E-state index contributed by atoms with van der Waals surface area (Å²) in [5.41, 5.74) is 3.15. The number of hydrogen-bond acceptors (Lipinski definition) is 3. The zero-order chi connectivity index (χ0) is 19.0. The molecule has 27 heavy (non-hydrogen) atoms. The standard InChI is InChI=1S/C22H22ClN3O/c1-14-9-15(2)13-26(12-14)22(27)19-11-21(16-5-7-24-8-6-16)25-20-4-3-17(23)10-18(19)20/h3-8,10-11,14-15H,9,12-13H2,1-2H3/t14-,15+. The van der Waals surface area contributed by atoms with Crippen molar-refractivity contribution in [3.63, 3.8) is 0 Å². The van der Waals surface area contributed by atoms with Crippen molar-refractivity contribution in [1.29, 1.82) is 0 Å². The molecule has 1 fully saturated rings. The molecule has 3 heterocycles. The van der Waals surface area contributed by atoms with Crippen LogP contribution in [0, 0.1) is 11.8 Å². The molecule has 0 aliphatic carbocycles. The molecule has 1 aromatic carbocycles. The van der Waals surface area contributed by atoms with Crippen LogP contribution in [-0.2, 0) is 0 Å². The lowest BCUT2D eigenvalue weighted by Gasteiger charge is -2.35. The molecule has 1 amide bonds. The first-order chi connectivity index (χ1) is 13.0. The molecule has 1 saturated heterocycles. The number of hydrogen-bond donors (Lipinski definition) is 0. The van der Waals surface area contributed by atoms with E-state index in [-0.39, 0.29) is 5.91 Å². The predicted octanol–water partition coefficient (Wildman–Crippen LogP) is 5.07. The molecule has 5 heteroatoms. The van der Waals surface area contributed by atoms with Gasteiger partial charge in [0.2, 0.25) is 0 Å². The molecular formula is C22H22ClN3O. The maximum Gasteiger partial charge on any atom is 0.254 e. The van der Waals surface area contributed by atoms with E-state index < -0.39 is 0 Å². The van der Waals surface area contributed by atoms with Gasteiger partial charge in [-0.3, -0.25) is 9.78 Å². The van der Waals surface area contributed by atoms with Crippen LogP contribution in [0.3, 0.4) is 0 Å². The lowest BCUT2D eigenvalue weighted by Crippen LogP contribution is -2.42. The number of rotatable bonds is 2. The normalized spacial score (nSPS) is 20.0. The fourth-order valence-electron chi connectivity index (χ4n) is 4.04. The smallest absolute Gasteiger partial charge is 0.254 e. The van der Waals surface area contributed by atoms with Crippen LogP contribution in [0.2, 0.25) is 5.02 Å². The Hall–Kier alpha value is -2.46. The quantitative estimate of drug-likeness (QED) is 0.624. The van der Waals surface area contributed by atoms with Gasteiger partial charge in [-0.05, 0) is 54.7 Å². The van der Waals surface area contributed by atoms with Crippen LogP contribution < -0.4 is 0 Å². The van der Waals surface area contributed by atoms with E-state index in [2.05, 4.69) is 18.8 Å². The van der Waals surface area contributed by atoms with Gasteiger partial charge in [0.25, 0.3) is 5.91 Å². The lowest BCUT2D eigenvalue weighted by atomic mass is 9.91. The Bertz CT molecular complexity index is 980. The van der Waals surface area contributed by atoms with E-state index in [0.717, 1.165) is 41.7 Å². The number of halogens is 1. The lowest BCUT2D eigenvalue weighted by molar-refractivity contribution is 0.0625. The average molecular weight is 380 g/mol. The van der Waals surface area contributed by atoms with E-state index in [1.165, 1.54) is 0 Å². The minimum Gasteiger partial charge on any atom is -0.338 e. The molecule has 2 atom stereocenters. The summed E-state index contributed by atoms with van der Waals surface area (Å²) < 4.78 is 0. The summed E-state index contributed by atoms with van der Waals surface area (Å²) in [6.07, 6.45) is 4.63. The van der Waals surface area contributed by atoms with Crippen molar-refractivity contribution in [2.75, 3.05) is 13.1 Å². The predicted molar refractivity (Wildman–Crippen MR) is 109 cm³/mol. The molecule has 4 rings (SSSR count). The van der Waals surface area contributed by atoms with E-state index in [0.29, 0.717) is 22.4 Å². The first kappa shape index (κ1) is 17.9. The van der Waals surface area contributed by atoms with Gasteiger partial charge in [-0.2, -0.15) is 0 Å². The fourth-order valence-corrected chi connectivity index (χ4v) is 4.22. The van der Waals surface area contributed by atoms with Crippen molar-refractivity contribution in [2.24, 2.45) is 11.8 Å². The second kappa shape index (κ2) is 7.28. The van der Waals surface area contributed by atoms with Gasteiger partial charge in [0, 0.05) is 41.5 Å². The number of likely N-dealkylation sites (tertiary alicyclic amines) is 1. The van der Waals surface area contributed by atoms with Gasteiger partial charge in [-0.25, -0.2) is 4.98 Å². The largest absolute Gasteiger partial charge is 0.338 e. The fraction of sp³-hybridized carbons (Fsp3) is 0.318. The Morgan fingerprint density at radius 2 is 1.78 bits per heavy atom. The number of carbonyl (C=O) groups excluding carboxylic acids is 1. The van der Waals surface area contributed by atoms with Gasteiger partial charge >= 0.3 is 0 Å². The number of benzene rings is 1. The van der Waals surface area contributed by atoms with Crippen LogP contribution in [0.15, 0.2) is 48.8 Å². The van der Waals surface area contributed by atoms with Crippen LogP contribution >= 0.6 is 11.6 Å².